The lowest BCUT2D eigenvalue weighted by Crippen LogP contribution is -2.30. The standard InChI is InChI=1S/C18H17Cl2NO3S/c1-23-15-5-3-4-12(16(15)24-2)18-21(8-9-25-18)17(22)11-6-7-13(19)14(20)10-11/h3-7,10,18H,8-9H2,1-2H3/t18-/m0/s1. The van der Waals surface area contributed by atoms with E-state index in [1.807, 2.05) is 23.1 Å². The van der Waals surface area contributed by atoms with Crippen molar-refractivity contribution in [1.29, 1.82) is 0 Å². The van der Waals surface area contributed by atoms with Gasteiger partial charge in [0.2, 0.25) is 0 Å². The SMILES string of the molecule is COc1cccc([C@@H]2SCCN2C(=O)c2ccc(Cl)c(Cl)c2)c1OC. The van der Waals surface area contributed by atoms with Crippen LogP contribution >= 0.6 is 35.0 Å². The number of benzene rings is 2. The zero-order chi connectivity index (χ0) is 18.0. The molecule has 25 heavy (non-hydrogen) atoms. The van der Waals surface area contributed by atoms with Gasteiger partial charge < -0.3 is 14.4 Å². The number of ether oxygens (including phenoxy) is 2. The second kappa shape index (κ2) is 7.77. The number of rotatable bonds is 4. The van der Waals surface area contributed by atoms with E-state index < -0.39 is 0 Å². The average molecular weight is 398 g/mol. The number of hydrogen-bond donors (Lipinski definition) is 0. The van der Waals surface area contributed by atoms with Crippen LogP contribution in [0.4, 0.5) is 0 Å². The fourth-order valence-corrected chi connectivity index (χ4v) is 4.41. The molecule has 1 heterocycles. The van der Waals surface area contributed by atoms with Crippen LogP contribution < -0.4 is 9.47 Å². The molecule has 1 aliphatic rings. The highest BCUT2D eigenvalue weighted by molar-refractivity contribution is 7.99. The Hall–Kier alpha value is -1.56. The molecule has 2 aromatic carbocycles. The van der Waals surface area contributed by atoms with E-state index in [9.17, 15) is 4.79 Å². The van der Waals surface area contributed by atoms with E-state index in [-0.39, 0.29) is 11.3 Å². The topological polar surface area (TPSA) is 38.8 Å². The first-order chi connectivity index (χ1) is 12.1. The molecule has 1 aliphatic heterocycles. The first kappa shape index (κ1) is 18.2. The van der Waals surface area contributed by atoms with Gasteiger partial charge in [0, 0.05) is 23.4 Å². The Morgan fingerprint density at radius 1 is 1.16 bits per heavy atom. The summed E-state index contributed by atoms with van der Waals surface area (Å²) in [5, 5.41) is 0.655. The zero-order valence-electron chi connectivity index (χ0n) is 13.8. The highest BCUT2D eigenvalue weighted by Gasteiger charge is 2.34. The van der Waals surface area contributed by atoms with Crippen LogP contribution in [0.1, 0.15) is 21.3 Å². The summed E-state index contributed by atoms with van der Waals surface area (Å²) in [6.07, 6.45) is 0. The molecule has 4 nitrogen and oxygen atoms in total. The van der Waals surface area contributed by atoms with Crippen LogP contribution in [0.15, 0.2) is 36.4 Å². The predicted molar refractivity (Wildman–Crippen MR) is 102 cm³/mol. The van der Waals surface area contributed by atoms with Gasteiger partial charge in [-0.25, -0.2) is 0 Å². The number of amides is 1. The van der Waals surface area contributed by atoms with E-state index in [2.05, 4.69) is 0 Å². The molecule has 0 radical (unpaired) electrons. The summed E-state index contributed by atoms with van der Waals surface area (Å²) < 4.78 is 10.9. The monoisotopic (exact) mass is 397 g/mol. The molecule has 3 rings (SSSR count). The van der Waals surface area contributed by atoms with Crippen LogP contribution in [0.3, 0.4) is 0 Å². The van der Waals surface area contributed by atoms with E-state index in [0.717, 1.165) is 11.3 Å². The second-order valence-corrected chi connectivity index (χ2v) is 7.44. The van der Waals surface area contributed by atoms with Crippen molar-refractivity contribution in [3.63, 3.8) is 0 Å². The summed E-state index contributed by atoms with van der Waals surface area (Å²) in [4.78, 5) is 14.8. The molecule has 0 aliphatic carbocycles. The molecule has 0 bridgehead atoms. The maximum atomic E-state index is 13.0. The molecule has 1 fully saturated rings. The van der Waals surface area contributed by atoms with Crippen molar-refractivity contribution in [2.45, 2.75) is 5.37 Å². The Morgan fingerprint density at radius 2 is 1.96 bits per heavy atom. The molecule has 1 amide bonds. The molecule has 0 unspecified atom stereocenters. The number of thioether (sulfide) groups is 1. The van der Waals surface area contributed by atoms with Gasteiger partial charge in [-0.2, -0.15) is 0 Å². The van der Waals surface area contributed by atoms with Crippen molar-refractivity contribution in [2.24, 2.45) is 0 Å². The smallest absolute Gasteiger partial charge is 0.255 e. The normalized spacial score (nSPS) is 16.8. The van der Waals surface area contributed by atoms with Gasteiger partial charge in [-0.3, -0.25) is 4.79 Å². The minimum atomic E-state index is -0.146. The van der Waals surface area contributed by atoms with Gasteiger partial charge in [-0.05, 0) is 24.3 Å². The number of para-hydroxylation sites is 1. The number of nitrogens with zero attached hydrogens (tertiary/aromatic N) is 1. The number of methoxy groups -OCH3 is 2. The zero-order valence-corrected chi connectivity index (χ0v) is 16.1. The highest BCUT2D eigenvalue weighted by Crippen LogP contribution is 2.45. The van der Waals surface area contributed by atoms with E-state index in [1.54, 1.807) is 44.2 Å². The number of hydrogen-bond acceptors (Lipinski definition) is 4. The van der Waals surface area contributed by atoms with Gasteiger partial charge in [0.1, 0.15) is 5.37 Å². The van der Waals surface area contributed by atoms with Gasteiger partial charge in [0.15, 0.2) is 11.5 Å². The lowest BCUT2D eigenvalue weighted by Gasteiger charge is -2.26. The summed E-state index contributed by atoms with van der Waals surface area (Å²) in [6, 6.07) is 10.6. The van der Waals surface area contributed by atoms with Gasteiger partial charge in [-0.1, -0.05) is 35.3 Å². The Kier molecular flexibility index (Phi) is 5.67. The fraction of sp³-hybridized carbons (Fsp3) is 0.278. The van der Waals surface area contributed by atoms with E-state index in [0.29, 0.717) is 33.7 Å². The molecule has 0 N–H and O–H groups in total. The van der Waals surface area contributed by atoms with Crippen LogP contribution in [0.25, 0.3) is 0 Å². The van der Waals surface area contributed by atoms with E-state index >= 15 is 0 Å². The van der Waals surface area contributed by atoms with Gasteiger partial charge in [0.25, 0.3) is 5.91 Å². The quantitative estimate of drug-likeness (QED) is 0.735. The summed E-state index contributed by atoms with van der Waals surface area (Å²) in [7, 11) is 3.20. The van der Waals surface area contributed by atoms with Gasteiger partial charge in [-0.15, -0.1) is 11.8 Å². The lowest BCUT2D eigenvalue weighted by atomic mass is 10.1. The first-order valence-corrected chi connectivity index (χ1v) is 9.45. The fourth-order valence-electron chi connectivity index (χ4n) is 2.84. The third-order valence-electron chi connectivity index (χ3n) is 4.02. The van der Waals surface area contributed by atoms with Crippen LogP contribution in [-0.2, 0) is 0 Å². The van der Waals surface area contributed by atoms with Crippen molar-refractivity contribution >= 4 is 40.9 Å². The maximum absolute atomic E-state index is 13.0. The maximum Gasteiger partial charge on any atom is 0.255 e. The Bertz CT molecular complexity index is 800. The number of halogens is 2. The van der Waals surface area contributed by atoms with E-state index in [4.69, 9.17) is 32.7 Å². The summed E-state index contributed by atoms with van der Waals surface area (Å²) in [5.74, 6) is 2.06. The van der Waals surface area contributed by atoms with Gasteiger partial charge in [0.05, 0.1) is 24.3 Å². The van der Waals surface area contributed by atoms with Crippen molar-refractivity contribution < 1.29 is 14.3 Å². The van der Waals surface area contributed by atoms with Crippen LogP contribution in [-0.4, -0.2) is 37.3 Å². The molecule has 0 saturated carbocycles. The third kappa shape index (κ3) is 3.54. The molecule has 1 saturated heterocycles. The summed E-state index contributed by atoms with van der Waals surface area (Å²) in [5.41, 5.74) is 1.43. The second-order valence-electron chi connectivity index (χ2n) is 5.43. The molecule has 0 spiro atoms. The molecule has 2 aromatic rings. The van der Waals surface area contributed by atoms with Crippen LogP contribution in [0, 0.1) is 0 Å². The van der Waals surface area contributed by atoms with Crippen molar-refractivity contribution in [3.8, 4) is 11.5 Å². The van der Waals surface area contributed by atoms with Crippen molar-refractivity contribution in [1.82, 2.24) is 4.90 Å². The van der Waals surface area contributed by atoms with E-state index in [1.165, 1.54) is 0 Å². The third-order valence-corrected chi connectivity index (χ3v) is 6.00. The van der Waals surface area contributed by atoms with Crippen LogP contribution in [0.2, 0.25) is 10.0 Å². The Labute approximate surface area is 161 Å². The minimum Gasteiger partial charge on any atom is -0.493 e. The summed E-state index contributed by atoms with van der Waals surface area (Å²) >= 11 is 13.7. The first-order valence-electron chi connectivity index (χ1n) is 7.65. The number of carbonyl (C=O) groups excluding carboxylic acids is 1. The van der Waals surface area contributed by atoms with Crippen molar-refractivity contribution in [2.75, 3.05) is 26.5 Å². The largest absolute Gasteiger partial charge is 0.493 e. The molecular weight excluding hydrogens is 381 g/mol. The predicted octanol–water partition coefficient (Wildman–Crippen LogP) is 4.90. The molecule has 132 valence electrons. The number of carbonyl (C=O) groups is 1. The minimum absolute atomic E-state index is 0.0848. The average Bonchev–Trinajstić information content (AvgIpc) is 3.12. The molecule has 7 heteroatoms. The van der Waals surface area contributed by atoms with Gasteiger partial charge >= 0.3 is 0 Å². The Morgan fingerprint density at radius 3 is 2.64 bits per heavy atom. The molecule has 1 atom stereocenters. The highest BCUT2D eigenvalue weighted by atomic mass is 35.5. The van der Waals surface area contributed by atoms with Crippen LogP contribution in [0.5, 0.6) is 11.5 Å². The molecule has 0 aromatic heterocycles. The van der Waals surface area contributed by atoms with Crippen molar-refractivity contribution in [3.05, 3.63) is 57.6 Å². The molecular formula is C18H17Cl2NO3S. The summed E-state index contributed by atoms with van der Waals surface area (Å²) in [6.45, 7) is 0.648. The lowest BCUT2D eigenvalue weighted by molar-refractivity contribution is 0.0759. The Balaban J connectivity index is 1.95.